The minimum absolute atomic E-state index is 0.430. The molecular weight excluding hydrogens is 256 g/mol. The maximum Gasteiger partial charge on any atom is 0.0534 e. The first-order valence-electron chi connectivity index (χ1n) is 7.53. The molecule has 0 spiro atoms. The third-order valence-electron chi connectivity index (χ3n) is 4.10. The molecule has 0 saturated carbocycles. The second kappa shape index (κ2) is 6.04. The van der Waals surface area contributed by atoms with Gasteiger partial charge in [-0.15, -0.1) is 0 Å². The van der Waals surface area contributed by atoms with E-state index in [1.165, 1.54) is 22.0 Å². The molecule has 0 N–H and O–H groups in total. The van der Waals surface area contributed by atoms with Crippen molar-refractivity contribution in [3.05, 3.63) is 71.8 Å². The van der Waals surface area contributed by atoms with Gasteiger partial charge in [-0.1, -0.05) is 37.3 Å². The van der Waals surface area contributed by atoms with E-state index in [0.717, 1.165) is 18.5 Å². The number of hydrogen-bond donors (Lipinski definition) is 0. The molecule has 21 heavy (non-hydrogen) atoms. The van der Waals surface area contributed by atoms with Gasteiger partial charge in [0.25, 0.3) is 0 Å². The number of aryl methyl sites for hydroxylation is 1. The number of rotatable bonds is 4. The molecule has 1 aromatic carbocycles. The van der Waals surface area contributed by atoms with Crippen LogP contribution in [0.3, 0.4) is 0 Å². The van der Waals surface area contributed by atoms with Crippen molar-refractivity contribution < 1.29 is 0 Å². The highest BCUT2D eigenvalue weighted by molar-refractivity contribution is 5.86. The van der Waals surface area contributed by atoms with E-state index in [9.17, 15) is 0 Å². The lowest BCUT2D eigenvalue weighted by Gasteiger charge is -2.17. The summed E-state index contributed by atoms with van der Waals surface area (Å²) in [5.74, 6) is 0.430. The molecule has 0 aliphatic rings. The molecular formula is C19H20N2. The second-order valence-corrected chi connectivity index (χ2v) is 5.49. The molecule has 0 bridgehead atoms. The Morgan fingerprint density at radius 1 is 0.952 bits per heavy atom. The van der Waals surface area contributed by atoms with Crippen LogP contribution in [0, 0.1) is 6.92 Å². The standard InChI is InChI=1S/C19H20N2/c1-3-16(13-15-7-5-4-6-8-15)19-18-14(2)20-11-9-17(18)10-12-21-19/h4-12,16H,3,13H2,1-2H3. The quantitative estimate of drug-likeness (QED) is 0.691. The van der Waals surface area contributed by atoms with Crippen LogP contribution in [0.4, 0.5) is 0 Å². The van der Waals surface area contributed by atoms with Crippen LogP contribution in [0.1, 0.15) is 36.2 Å². The van der Waals surface area contributed by atoms with Gasteiger partial charge in [0.05, 0.1) is 5.69 Å². The fourth-order valence-electron chi connectivity index (χ4n) is 2.96. The lowest BCUT2D eigenvalue weighted by Crippen LogP contribution is -2.06. The molecule has 0 radical (unpaired) electrons. The maximum atomic E-state index is 4.70. The van der Waals surface area contributed by atoms with Crippen LogP contribution in [0.25, 0.3) is 10.8 Å². The van der Waals surface area contributed by atoms with Crippen molar-refractivity contribution in [2.24, 2.45) is 0 Å². The molecule has 0 saturated heterocycles. The molecule has 0 fully saturated rings. The monoisotopic (exact) mass is 276 g/mol. The van der Waals surface area contributed by atoms with Crippen LogP contribution >= 0.6 is 0 Å². The largest absolute Gasteiger partial charge is 0.261 e. The fraction of sp³-hybridized carbons (Fsp3) is 0.263. The number of benzene rings is 1. The normalized spacial score (nSPS) is 12.5. The van der Waals surface area contributed by atoms with Gasteiger partial charge in [0.15, 0.2) is 0 Å². The Labute approximate surface area is 125 Å². The number of nitrogens with zero attached hydrogens (tertiary/aromatic N) is 2. The highest BCUT2D eigenvalue weighted by atomic mass is 14.7. The van der Waals surface area contributed by atoms with Gasteiger partial charge in [-0.05, 0) is 42.8 Å². The van der Waals surface area contributed by atoms with Crippen molar-refractivity contribution in [2.45, 2.75) is 32.6 Å². The summed E-state index contributed by atoms with van der Waals surface area (Å²) in [7, 11) is 0. The van der Waals surface area contributed by atoms with Crippen LogP contribution in [0.15, 0.2) is 54.9 Å². The predicted molar refractivity (Wildman–Crippen MR) is 87.5 cm³/mol. The highest BCUT2D eigenvalue weighted by Crippen LogP contribution is 2.29. The molecule has 0 aliphatic carbocycles. The molecule has 106 valence electrons. The first kappa shape index (κ1) is 13.7. The number of fused-ring (bicyclic) bond motifs is 1. The smallest absolute Gasteiger partial charge is 0.0534 e. The number of pyridine rings is 2. The third kappa shape index (κ3) is 2.80. The third-order valence-corrected chi connectivity index (χ3v) is 4.10. The van der Waals surface area contributed by atoms with E-state index in [2.05, 4.69) is 61.3 Å². The number of aromatic nitrogens is 2. The van der Waals surface area contributed by atoms with E-state index in [1.54, 1.807) is 0 Å². The van der Waals surface area contributed by atoms with Gasteiger partial charge in [0.1, 0.15) is 0 Å². The molecule has 2 nitrogen and oxygen atoms in total. The minimum Gasteiger partial charge on any atom is -0.261 e. The van der Waals surface area contributed by atoms with Gasteiger partial charge < -0.3 is 0 Å². The van der Waals surface area contributed by atoms with Gasteiger partial charge in [0.2, 0.25) is 0 Å². The highest BCUT2D eigenvalue weighted by Gasteiger charge is 2.16. The van der Waals surface area contributed by atoms with Gasteiger partial charge >= 0.3 is 0 Å². The lowest BCUT2D eigenvalue weighted by atomic mass is 9.90. The summed E-state index contributed by atoms with van der Waals surface area (Å²) in [5.41, 5.74) is 3.62. The Morgan fingerprint density at radius 2 is 1.67 bits per heavy atom. The molecule has 2 heteroatoms. The van der Waals surface area contributed by atoms with Gasteiger partial charge in [0, 0.05) is 29.4 Å². The van der Waals surface area contributed by atoms with E-state index < -0.39 is 0 Å². The van der Waals surface area contributed by atoms with E-state index in [0.29, 0.717) is 5.92 Å². The molecule has 2 aromatic heterocycles. The first-order chi connectivity index (χ1) is 10.3. The molecule has 0 amide bonds. The topological polar surface area (TPSA) is 25.8 Å². The minimum atomic E-state index is 0.430. The van der Waals surface area contributed by atoms with Crippen molar-refractivity contribution in [1.82, 2.24) is 9.97 Å². The summed E-state index contributed by atoms with van der Waals surface area (Å²) in [6.45, 7) is 4.31. The fourth-order valence-corrected chi connectivity index (χ4v) is 2.96. The van der Waals surface area contributed by atoms with Crippen molar-refractivity contribution >= 4 is 10.8 Å². The van der Waals surface area contributed by atoms with Crippen molar-refractivity contribution in [2.75, 3.05) is 0 Å². The Balaban J connectivity index is 2.05. The molecule has 3 aromatic rings. The zero-order valence-corrected chi connectivity index (χ0v) is 12.6. The Hall–Kier alpha value is -2.22. The Morgan fingerprint density at radius 3 is 2.38 bits per heavy atom. The summed E-state index contributed by atoms with van der Waals surface area (Å²) >= 11 is 0. The molecule has 2 heterocycles. The summed E-state index contributed by atoms with van der Waals surface area (Å²) in [5, 5.41) is 2.46. The molecule has 1 atom stereocenters. The van der Waals surface area contributed by atoms with Crippen LogP contribution in [0.5, 0.6) is 0 Å². The zero-order chi connectivity index (χ0) is 14.7. The molecule has 0 aliphatic heterocycles. The molecule has 1 unspecified atom stereocenters. The molecule has 3 rings (SSSR count). The van der Waals surface area contributed by atoms with E-state index >= 15 is 0 Å². The van der Waals surface area contributed by atoms with Gasteiger partial charge in [-0.25, -0.2) is 0 Å². The van der Waals surface area contributed by atoms with Crippen molar-refractivity contribution in [1.29, 1.82) is 0 Å². The van der Waals surface area contributed by atoms with Crippen molar-refractivity contribution in [3.63, 3.8) is 0 Å². The lowest BCUT2D eigenvalue weighted by molar-refractivity contribution is 0.646. The van der Waals surface area contributed by atoms with Crippen LogP contribution in [0.2, 0.25) is 0 Å². The summed E-state index contributed by atoms with van der Waals surface area (Å²) in [6, 6.07) is 14.8. The van der Waals surface area contributed by atoms with E-state index in [4.69, 9.17) is 4.98 Å². The first-order valence-corrected chi connectivity index (χ1v) is 7.53. The van der Waals surface area contributed by atoms with Crippen molar-refractivity contribution in [3.8, 4) is 0 Å². The van der Waals surface area contributed by atoms with Crippen LogP contribution in [-0.4, -0.2) is 9.97 Å². The summed E-state index contributed by atoms with van der Waals surface area (Å²) in [4.78, 5) is 9.15. The van der Waals surface area contributed by atoms with Crippen LogP contribution in [-0.2, 0) is 6.42 Å². The van der Waals surface area contributed by atoms with E-state index in [1.807, 2.05) is 12.4 Å². The van der Waals surface area contributed by atoms with E-state index in [-0.39, 0.29) is 0 Å². The summed E-state index contributed by atoms with van der Waals surface area (Å²) < 4.78 is 0. The Bertz CT molecular complexity index is 730. The number of hydrogen-bond acceptors (Lipinski definition) is 2. The summed E-state index contributed by atoms with van der Waals surface area (Å²) in [6.07, 6.45) is 5.90. The zero-order valence-electron chi connectivity index (χ0n) is 12.6. The van der Waals surface area contributed by atoms with Crippen LogP contribution < -0.4 is 0 Å². The average molecular weight is 276 g/mol. The Kier molecular flexibility index (Phi) is 3.96. The maximum absolute atomic E-state index is 4.70. The SMILES string of the molecule is CCC(Cc1ccccc1)c1nccc2ccnc(C)c12. The average Bonchev–Trinajstić information content (AvgIpc) is 2.53. The predicted octanol–water partition coefficient (Wildman–Crippen LogP) is 4.67. The van der Waals surface area contributed by atoms with Gasteiger partial charge in [-0.2, -0.15) is 0 Å². The van der Waals surface area contributed by atoms with Gasteiger partial charge in [-0.3, -0.25) is 9.97 Å². The second-order valence-electron chi connectivity index (χ2n) is 5.49.